The van der Waals surface area contributed by atoms with Gasteiger partial charge in [0.25, 0.3) is 11.9 Å². The van der Waals surface area contributed by atoms with Gasteiger partial charge in [0, 0.05) is 19.0 Å². The van der Waals surface area contributed by atoms with Gasteiger partial charge in [0.15, 0.2) is 5.58 Å². The maximum atomic E-state index is 13.0. The summed E-state index contributed by atoms with van der Waals surface area (Å²) in [7, 11) is 0. The molecule has 2 aromatic carbocycles. The molecule has 9 heteroatoms. The summed E-state index contributed by atoms with van der Waals surface area (Å²) in [6.45, 7) is 2.89. The molecule has 0 aliphatic carbocycles. The van der Waals surface area contributed by atoms with Crippen LogP contribution in [0.1, 0.15) is 31.7 Å². The Morgan fingerprint density at radius 2 is 1.82 bits per heavy atom. The molecule has 3 aromatic rings. The SMILES string of the molecule is C[C@]1(CCc2ccccc2)NC(=O)N(NC(=O)C2CCN(c3nc4ccccc4o3)CC2)C1=O. The monoisotopic (exact) mass is 461 g/mol. The average molecular weight is 462 g/mol. The van der Waals surface area contributed by atoms with Crippen molar-refractivity contribution in [1.82, 2.24) is 20.7 Å². The molecule has 0 saturated carbocycles. The zero-order valence-electron chi connectivity index (χ0n) is 19.0. The van der Waals surface area contributed by atoms with Crippen LogP contribution in [0.3, 0.4) is 0 Å². The Kier molecular flexibility index (Phi) is 5.69. The van der Waals surface area contributed by atoms with E-state index in [2.05, 4.69) is 15.7 Å². The lowest BCUT2D eigenvalue weighted by Crippen LogP contribution is -2.51. The number of nitrogens with one attached hydrogen (secondary N) is 2. The van der Waals surface area contributed by atoms with Gasteiger partial charge >= 0.3 is 6.03 Å². The minimum absolute atomic E-state index is 0.308. The first kappa shape index (κ1) is 21.9. The van der Waals surface area contributed by atoms with Gasteiger partial charge < -0.3 is 14.6 Å². The molecule has 34 heavy (non-hydrogen) atoms. The van der Waals surface area contributed by atoms with Crippen molar-refractivity contribution in [2.75, 3.05) is 18.0 Å². The predicted molar refractivity (Wildman–Crippen MR) is 126 cm³/mol. The van der Waals surface area contributed by atoms with E-state index in [1.165, 1.54) is 0 Å². The van der Waals surface area contributed by atoms with Crippen LogP contribution < -0.4 is 15.6 Å². The molecule has 9 nitrogen and oxygen atoms in total. The average Bonchev–Trinajstić information content (AvgIpc) is 3.38. The summed E-state index contributed by atoms with van der Waals surface area (Å²) >= 11 is 0. The van der Waals surface area contributed by atoms with Gasteiger partial charge in [0.05, 0.1) is 0 Å². The number of anilines is 1. The second-order valence-corrected chi connectivity index (χ2v) is 9.09. The Bertz CT molecular complexity index is 1190. The third-order valence-electron chi connectivity index (χ3n) is 6.66. The van der Waals surface area contributed by atoms with Gasteiger partial charge in [-0.05, 0) is 50.3 Å². The van der Waals surface area contributed by atoms with Crippen molar-refractivity contribution >= 4 is 35.0 Å². The van der Waals surface area contributed by atoms with Crippen molar-refractivity contribution in [2.45, 2.75) is 38.1 Å². The first-order valence-electron chi connectivity index (χ1n) is 11.5. The summed E-state index contributed by atoms with van der Waals surface area (Å²) in [5.41, 5.74) is 4.10. The van der Waals surface area contributed by atoms with Crippen LogP contribution in [0, 0.1) is 5.92 Å². The molecule has 0 bridgehead atoms. The number of aryl methyl sites for hydroxylation is 1. The number of piperidine rings is 1. The molecular weight excluding hydrogens is 434 g/mol. The highest BCUT2D eigenvalue weighted by Gasteiger charge is 2.48. The Morgan fingerprint density at radius 1 is 1.12 bits per heavy atom. The summed E-state index contributed by atoms with van der Waals surface area (Å²) in [6.07, 6.45) is 2.22. The van der Waals surface area contributed by atoms with Crippen LogP contribution in [-0.2, 0) is 16.0 Å². The lowest BCUT2D eigenvalue weighted by Gasteiger charge is -2.30. The number of imide groups is 1. The number of hydrogen-bond acceptors (Lipinski definition) is 6. The van der Waals surface area contributed by atoms with Crippen molar-refractivity contribution in [3.63, 3.8) is 0 Å². The number of amides is 4. The molecule has 2 aliphatic heterocycles. The molecule has 4 amide bonds. The lowest BCUT2D eigenvalue weighted by molar-refractivity contribution is -0.140. The molecule has 2 fully saturated rings. The fourth-order valence-corrected chi connectivity index (χ4v) is 4.52. The first-order chi connectivity index (χ1) is 16.4. The van der Waals surface area contributed by atoms with Crippen molar-refractivity contribution in [1.29, 1.82) is 0 Å². The van der Waals surface area contributed by atoms with Crippen LogP contribution in [0.25, 0.3) is 11.1 Å². The molecular formula is C25H27N5O4. The largest absolute Gasteiger partial charge is 0.423 e. The Balaban J connectivity index is 1.16. The molecule has 0 spiro atoms. The van der Waals surface area contributed by atoms with E-state index in [0.717, 1.165) is 21.7 Å². The number of fused-ring (bicyclic) bond motifs is 1. The summed E-state index contributed by atoms with van der Waals surface area (Å²) in [4.78, 5) is 44.9. The molecule has 2 aliphatic rings. The van der Waals surface area contributed by atoms with Gasteiger partial charge in [-0.3, -0.25) is 15.0 Å². The molecule has 1 aromatic heterocycles. The van der Waals surface area contributed by atoms with Gasteiger partial charge in [-0.15, -0.1) is 0 Å². The Morgan fingerprint density at radius 3 is 2.56 bits per heavy atom. The van der Waals surface area contributed by atoms with Crippen molar-refractivity contribution < 1.29 is 18.8 Å². The number of carbonyl (C=O) groups excluding carboxylic acids is 3. The van der Waals surface area contributed by atoms with E-state index in [0.29, 0.717) is 44.8 Å². The third kappa shape index (κ3) is 4.21. The Labute approximate surface area is 197 Å². The second kappa shape index (κ2) is 8.81. The maximum Gasteiger partial charge on any atom is 0.344 e. The molecule has 0 radical (unpaired) electrons. The van der Waals surface area contributed by atoms with Crippen LogP contribution in [0.15, 0.2) is 59.0 Å². The topological polar surface area (TPSA) is 108 Å². The van der Waals surface area contributed by atoms with E-state index in [1.54, 1.807) is 6.92 Å². The Hall–Kier alpha value is -3.88. The molecule has 0 unspecified atom stereocenters. The number of rotatable bonds is 6. The molecule has 176 valence electrons. The van der Waals surface area contributed by atoms with E-state index in [-0.39, 0.29) is 11.8 Å². The number of oxazole rings is 1. The molecule has 2 N–H and O–H groups in total. The van der Waals surface area contributed by atoms with Gasteiger partial charge in [-0.1, -0.05) is 42.5 Å². The normalized spacial score (nSPS) is 21.2. The quantitative estimate of drug-likeness (QED) is 0.547. The minimum atomic E-state index is -1.06. The summed E-state index contributed by atoms with van der Waals surface area (Å²) in [5, 5.41) is 3.58. The molecule has 2 saturated heterocycles. The second-order valence-electron chi connectivity index (χ2n) is 9.09. The number of para-hydroxylation sites is 2. The minimum Gasteiger partial charge on any atom is -0.423 e. The zero-order valence-corrected chi connectivity index (χ0v) is 19.0. The summed E-state index contributed by atoms with van der Waals surface area (Å²) in [6, 6.07) is 17.3. The van der Waals surface area contributed by atoms with Crippen LogP contribution in [0.4, 0.5) is 10.8 Å². The highest BCUT2D eigenvalue weighted by atomic mass is 16.4. The van der Waals surface area contributed by atoms with Gasteiger partial charge in [0.2, 0.25) is 5.91 Å². The molecule has 3 heterocycles. The summed E-state index contributed by atoms with van der Waals surface area (Å²) < 4.78 is 5.83. The predicted octanol–water partition coefficient (Wildman–Crippen LogP) is 3.02. The van der Waals surface area contributed by atoms with E-state index in [1.807, 2.05) is 59.5 Å². The number of nitrogens with zero attached hydrogens (tertiary/aromatic N) is 3. The van der Waals surface area contributed by atoms with Crippen LogP contribution in [-0.4, -0.2) is 46.5 Å². The number of urea groups is 1. The number of aromatic nitrogens is 1. The fourth-order valence-electron chi connectivity index (χ4n) is 4.52. The van der Waals surface area contributed by atoms with Gasteiger partial charge in [-0.2, -0.15) is 9.99 Å². The standard InChI is InChI=1S/C25H27N5O4/c1-25(14-11-17-7-3-2-4-8-17)22(32)30(23(33)27-25)28-21(31)18-12-15-29(16-13-18)24-26-19-9-5-6-10-20(19)34-24/h2-10,18H,11-16H2,1H3,(H,27,33)(H,28,31)/t25-/m1/s1. The van der Waals surface area contributed by atoms with Gasteiger partial charge in [0.1, 0.15) is 11.1 Å². The number of benzene rings is 2. The highest BCUT2D eigenvalue weighted by molar-refractivity contribution is 6.07. The smallest absolute Gasteiger partial charge is 0.344 e. The van der Waals surface area contributed by atoms with Crippen molar-refractivity contribution in [3.05, 3.63) is 60.2 Å². The van der Waals surface area contributed by atoms with Crippen LogP contribution in [0.2, 0.25) is 0 Å². The summed E-state index contributed by atoms with van der Waals surface area (Å²) in [5.74, 6) is -1.07. The molecule has 5 rings (SSSR count). The number of hydrogen-bond donors (Lipinski definition) is 2. The number of hydrazine groups is 1. The van der Waals surface area contributed by atoms with E-state index in [4.69, 9.17) is 4.42 Å². The highest BCUT2D eigenvalue weighted by Crippen LogP contribution is 2.27. The van der Waals surface area contributed by atoms with E-state index in [9.17, 15) is 14.4 Å². The molecule has 1 atom stereocenters. The van der Waals surface area contributed by atoms with Crippen LogP contribution >= 0.6 is 0 Å². The fraction of sp³-hybridized carbons (Fsp3) is 0.360. The van der Waals surface area contributed by atoms with E-state index >= 15 is 0 Å². The van der Waals surface area contributed by atoms with E-state index < -0.39 is 17.5 Å². The van der Waals surface area contributed by atoms with Gasteiger partial charge in [-0.25, -0.2) is 4.79 Å². The third-order valence-corrected chi connectivity index (χ3v) is 6.66. The van der Waals surface area contributed by atoms with Crippen molar-refractivity contribution in [3.8, 4) is 0 Å². The first-order valence-corrected chi connectivity index (χ1v) is 11.5. The maximum absolute atomic E-state index is 13.0. The number of carbonyl (C=O) groups is 3. The van der Waals surface area contributed by atoms with Crippen LogP contribution in [0.5, 0.6) is 0 Å². The lowest BCUT2D eigenvalue weighted by atomic mass is 9.93. The zero-order chi connectivity index (χ0) is 23.7. The van der Waals surface area contributed by atoms with Crippen molar-refractivity contribution in [2.24, 2.45) is 5.92 Å².